The molecule has 0 radical (unpaired) electrons. The zero-order valence-corrected chi connectivity index (χ0v) is 12.3. The quantitative estimate of drug-likeness (QED) is 0.914. The second-order valence-electron chi connectivity index (χ2n) is 5.34. The van der Waals surface area contributed by atoms with Gasteiger partial charge < -0.3 is 14.8 Å². The van der Waals surface area contributed by atoms with Crippen LogP contribution in [0.4, 0.5) is 0 Å². The third-order valence-corrected chi connectivity index (χ3v) is 3.91. The van der Waals surface area contributed by atoms with Gasteiger partial charge in [-0.3, -0.25) is 0 Å². The number of hydrogen-bond acceptors (Lipinski definition) is 3. The molecule has 1 saturated heterocycles. The Hall–Kier alpha value is -1.84. The normalized spacial score (nSPS) is 19.4. The molecule has 2 aromatic carbocycles. The van der Waals surface area contributed by atoms with E-state index in [1.165, 1.54) is 11.1 Å². The predicted molar refractivity (Wildman–Crippen MR) is 83.6 cm³/mol. The maximum absolute atomic E-state index is 5.48. The van der Waals surface area contributed by atoms with E-state index in [0.717, 1.165) is 25.4 Å². The summed E-state index contributed by atoms with van der Waals surface area (Å²) >= 11 is 0. The number of benzene rings is 2. The molecule has 0 saturated carbocycles. The minimum Gasteiger partial charge on any atom is -0.497 e. The molecule has 3 heteroatoms. The lowest BCUT2D eigenvalue weighted by Crippen LogP contribution is -2.33. The SMILES string of the molecule is COc1ccc(C(NC2CCOC2)c2ccccc2)cc1. The first-order chi connectivity index (χ1) is 10.4. The zero-order chi connectivity index (χ0) is 14.5. The molecule has 2 atom stereocenters. The predicted octanol–water partition coefficient (Wildman–Crippen LogP) is 3.16. The molecule has 110 valence electrons. The average molecular weight is 283 g/mol. The Labute approximate surface area is 125 Å². The molecule has 1 aliphatic heterocycles. The highest BCUT2D eigenvalue weighted by molar-refractivity contribution is 5.35. The van der Waals surface area contributed by atoms with Crippen LogP contribution in [0.2, 0.25) is 0 Å². The Morgan fingerprint density at radius 1 is 1.05 bits per heavy atom. The highest BCUT2D eigenvalue weighted by atomic mass is 16.5. The molecule has 3 nitrogen and oxygen atoms in total. The first-order valence-corrected chi connectivity index (χ1v) is 7.39. The molecule has 0 spiro atoms. The maximum Gasteiger partial charge on any atom is 0.118 e. The molecule has 1 N–H and O–H groups in total. The van der Waals surface area contributed by atoms with E-state index in [0.29, 0.717) is 6.04 Å². The van der Waals surface area contributed by atoms with Crippen LogP contribution in [0.3, 0.4) is 0 Å². The van der Waals surface area contributed by atoms with E-state index in [-0.39, 0.29) is 6.04 Å². The summed E-state index contributed by atoms with van der Waals surface area (Å²) in [6.45, 7) is 1.64. The molecule has 2 unspecified atom stereocenters. The molecule has 1 aliphatic rings. The third-order valence-electron chi connectivity index (χ3n) is 3.91. The zero-order valence-electron chi connectivity index (χ0n) is 12.3. The largest absolute Gasteiger partial charge is 0.497 e. The van der Waals surface area contributed by atoms with Crippen LogP contribution < -0.4 is 10.1 Å². The van der Waals surface area contributed by atoms with Gasteiger partial charge in [0.15, 0.2) is 0 Å². The van der Waals surface area contributed by atoms with E-state index < -0.39 is 0 Å². The van der Waals surface area contributed by atoms with Crippen molar-refractivity contribution in [3.8, 4) is 5.75 Å². The molecule has 1 fully saturated rings. The van der Waals surface area contributed by atoms with E-state index in [2.05, 4.69) is 41.7 Å². The molecule has 0 aromatic heterocycles. The number of nitrogens with one attached hydrogen (secondary N) is 1. The summed E-state index contributed by atoms with van der Waals surface area (Å²) in [7, 11) is 1.69. The van der Waals surface area contributed by atoms with Crippen molar-refractivity contribution in [1.29, 1.82) is 0 Å². The fraction of sp³-hybridized carbons (Fsp3) is 0.333. The Morgan fingerprint density at radius 2 is 1.76 bits per heavy atom. The van der Waals surface area contributed by atoms with Gasteiger partial charge in [-0.25, -0.2) is 0 Å². The lowest BCUT2D eigenvalue weighted by Gasteiger charge is -2.23. The fourth-order valence-electron chi connectivity index (χ4n) is 2.73. The monoisotopic (exact) mass is 283 g/mol. The topological polar surface area (TPSA) is 30.5 Å². The molecular weight excluding hydrogens is 262 g/mol. The Kier molecular flexibility index (Phi) is 4.53. The van der Waals surface area contributed by atoms with Gasteiger partial charge in [0.1, 0.15) is 5.75 Å². The molecule has 0 aliphatic carbocycles. The standard InChI is InChI=1S/C18H21NO2/c1-20-17-9-7-15(8-10-17)18(14-5-3-2-4-6-14)19-16-11-12-21-13-16/h2-10,16,18-19H,11-13H2,1H3. The van der Waals surface area contributed by atoms with Gasteiger partial charge in [0.25, 0.3) is 0 Å². The lowest BCUT2D eigenvalue weighted by molar-refractivity contribution is 0.189. The van der Waals surface area contributed by atoms with E-state index in [9.17, 15) is 0 Å². The summed E-state index contributed by atoms with van der Waals surface area (Å²) in [6.07, 6.45) is 1.07. The van der Waals surface area contributed by atoms with Crippen molar-refractivity contribution in [2.75, 3.05) is 20.3 Å². The van der Waals surface area contributed by atoms with Gasteiger partial charge in [-0.1, -0.05) is 42.5 Å². The van der Waals surface area contributed by atoms with Crippen molar-refractivity contribution in [1.82, 2.24) is 5.32 Å². The first kappa shape index (κ1) is 14.1. The molecule has 21 heavy (non-hydrogen) atoms. The van der Waals surface area contributed by atoms with Crippen molar-refractivity contribution < 1.29 is 9.47 Å². The van der Waals surface area contributed by atoms with Gasteiger partial charge in [-0.2, -0.15) is 0 Å². The molecule has 1 heterocycles. The van der Waals surface area contributed by atoms with Crippen LogP contribution in [-0.4, -0.2) is 26.4 Å². The maximum atomic E-state index is 5.48. The molecule has 0 bridgehead atoms. The highest BCUT2D eigenvalue weighted by Gasteiger charge is 2.22. The van der Waals surface area contributed by atoms with E-state index in [4.69, 9.17) is 9.47 Å². The van der Waals surface area contributed by atoms with Crippen molar-refractivity contribution in [3.05, 3.63) is 65.7 Å². The first-order valence-electron chi connectivity index (χ1n) is 7.39. The number of ether oxygens (including phenoxy) is 2. The van der Waals surface area contributed by atoms with Gasteiger partial charge in [0, 0.05) is 12.6 Å². The second kappa shape index (κ2) is 6.74. The van der Waals surface area contributed by atoms with E-state index in [1.807, 2.05) is 18.2 Å². The van der Waals surface area contributed by atoms with Crippen molar-refractivity contribution >= 4 is 0 Å². The number of methoxy groups -OCH3 is 1. The second-order valence-corrected chi connectivity index (χ2v) is 5.34. The summed E-state index contributed by atoms with van der Waals surface area (Å²) < 4.78 is 10.7. The van der Waals surface area contributed by atoms with Crippen LogP contribution in [0.25, 0.3) is 0 Å². The van der Waals surface area contributed by atoms with Crippen LogP contribution in [0.5, 0.6) is 5.75 Å². The van der Waals surface area contributed by atoms with Crippen molar-refractivity contribution in [2.24, 2.45) is 0 Å². The summed E-state index contributed by atoms with van der Waals surface area (Å²) in [5, 5.41) is 3.72. The van der Waals surface area contributed by atoms with Crippen LogP contribution in [0.1, 0.15) is 23.6 Å². The minimum atomic E-state index is 0.184. The number of rotatable bonds is 5. The molecule has 3 rings (SSSR count). The van der Waals surface area contributed by atoms with E-state index in [1.54, 1.807) is 7.11 Å². The fourth-order valence-corrected chi connectivity index (χ4v) is 2.73. The Balaban J connectivity index is 1.86. The Morgan fingerprint density at radius 3 is 2.38 bits per heavy atom. The third kappa shape index (κ3) is 3.43. The van der Waals surface area contributed by atoms with E-state index >= 15 is 0 Å². The van der Waals surface area contributed by atoms with Crippen LogP contribution in [0, 0.1) is 0 Å². The van der Waals surface area contributed by atoms with Gasteiger partial charge in [-0.15, -0.1) is 0 Å². The van der Waals surface area contributed by atoms with Crippen LogP contribution in [0.15, 0.2) is 54.6 Å². The Bertz CT molecular complexity index is 547. The lowest BCUT2D eigenvalue weighted by atomic mass is 9.97. The molecule has 2 aromatic rings. The van der Waals surface area contributed by atoms with Gasteiger partial charge in [-0.05, 0) is 29.7 Å². The smallest absolute Gasteiger partial charge is 0.118 e. The summed E-state index contributed by atoms with van der Waals surface area (Å²) in [5.74, 6) is 0.884. The average Bonchev–Trinajstić information content (AvgIpc) is 3.07. The van der Waals surface area contributed by atoms with Crippen molar-refractivity contribution in [2.45, 2.75) is 18.5 Å². The number of hydrogen-bond donors (Lipinski definition) is 1. The summed E-state index contributed by atoms with van der Waals surface area (Å²) in [6, 6.07) is 19.4. The van der Waals surface area contributed by atoms with Crippen molar-refractivity contribution in [3.63, 3.8) is 0 Å². The van der Waals surface area contributed by atoms with Gasteiger partial charge in [0.05, 0.1) is 19.8 Å². The van der Waals surface area contributed by atoms with Crippen LogP contribution in [-0.2, 0) is 4.74 Å². The molecule has 0 amide bonds. The summed E-state index contributed by atoms with van der Waals surface area (Å²) in [4.78, 5) is 0. The minimum absolute atomic E-state index is 0.184. The highest BCUT2D eigenvalue weighted by Crippen LogP contribution is 2.25. The summed E-state index contributed by atoms with van der Waals surface area (Å²) in [5.41, 5.74) is 2.52. The van der Waals surface area contributed by atoms with Gasteiger partial charge in [0.2, 0.25) is 0 Å². The van der Waals surface area contributed by atoms with Crippen LogP contribution >= 0.6 is 0 Å². The van der Waals surface area contributed by atoms with Gasteiger partial charge >= 0.3 is 0 Å². The molecular formula is C18H21NO2.